The summed E-state index contributed by atoms with van der Waals surface area (Å²) in [4.78, 5) is 36.3. The fourth-order valence-electron chi connectivity index (χ4n) is 4.09. The quantitative estimate of drug-likeness (QED) is 0.642. The largest absolute Gasteiger partial charge is 0.481 e. The molecule has 1 aromatic carbocycles. The summed E-state index contributed by atoms with van der Waals surface area (Å²) in [6, 6.07) is 3.99. The minimum absolute atomic E-state index is 0.0218. The van der Waals surface area contributed by atoms with Crippen molar-refractivity contribution in [3.8, 4) is 0 Å². The third kappa shape index (κ3) is 2.92. The average Bonchev–Trinajstić information content (AvgIpc) is 3.12. The van der Waals surface area contributed by atoms with Crippen molar-refractivity contribution in [2.75, 3.05) is 18.4 Å². The van der Waals surface area contributed by atoms with E-state index in [4.69, 9.17) is 0 Å². The first kappa shape index (κ1) is 17.2. The van der Waals surface area contributed by atoms with Crippen LogP contribution in [0.5, 0.6) is 0 Å². The molecular formula is C17H21N3O5. The summed E-state index contributed by atoms with van der Waals surface area (Å²) in [5.74, 6) is -0.860. The summed E-state index contributed by atoms with van der Waals surface area (Å²) in [6.07, 6.45) is 2.90. The highest BCUT2D eigenvalue weighted by Crippen LogP contribution is 2.49. The molecule has 2 amide bonds. The number of carbonyl (C=O) groups excluding carboxylic acids is 1. The van der Waals surface area contributed by atoms with Crippen LogP contribution in [-0.2, 0) is 11.2 Å². The summed E-state index contributed by atoms with van der Waals surface area (Å²) in [5.41, 5.74) is 0.273. The van der Waals surface area contributed by atoms with E-state index in [2.05, 4.69) is 5.32 Å². The molecule has 0 bridgehead atoms. The fourth-order valence-corrected chi connectivity index (χ4v) is 4.09. The Labute approximate surface area is 145 Å². The number of carbonyl (C=O) groups is 2. The molecule has 0 spiro atoms. The number of urea groups is 1. The minimum Gasteiger partial charge on any atom is -0.481 e. The first-order chi connectivity index (χ1) is 11.9. The molecule has 8 heteroatoms. The molecule has 25 heavy (non-hydrogen) atoms. The third-order valence-corrected chi connectivity index (χ3v) is 5.51. The lowest BCUT2D eigenvalue weighted by atomic mass is 9.81. The first-order valence-corrected chi connectivity index (χ1v) is 8.44. The van der Waals surface area contributed by atoms with Crippen LogP contribution < -0.4 is 5.32 Å². The molecule has 1 saturated carbocycles. The van der Waals surface area contributed by atoms with Crippen LogP contribution in [0.4, 0.5) is 16.2 Å². The van der Waals surface area contributed by atoms with Gasteiger partial charge in [-0.15, -0.1) is 0 Å². The van der Waals surface area contributed by atoms with Gasteiger partial charge in [-0.25, -0.2) is 4.79 Å². The van der Waals surface area contributed by atoms with Crippen molar-refractivity contribution in [1.82, 2.24) is 4.90 Å². The number of non-ortho nitro benzene ring substituents is 1. The number of hydrogen-bond donors (Lipinski definition) is 2. The number of nitrogens with zero attached hydrogens (tertiary/aromatic N) is 2. The summed E-state index contributed by atoms with van der Waals surface area (Å²) in [6.45, 7) is 2.50. The van der Waals surface area contributed by atoms with Crippen LogP contribution >= 0.6 is 0 Å². The molecule has 8 nitrogen and oxygen atoms in total. The Morgan fingerprint density at radius 3 is 2.84 bits per heavy atom. The number of aliphatic carboxylic acids is 1. The maximum Gasteiger partial charge on any atom is 0.321 e. The lowest BCUT2D eigenvalue weighted by Crippen LogP contribution is -2.38. The zero-order valence-corrected chi connectivity index (χ0v) is 14.0. The van der Waals surface area contributed by atoms with Crippen LogP contribution in [0.3, 0.4) is 0 Å². The normalized spacial score (nSPS) is 24.8. The van der Waals surface area contributed by atoms with Gasteiger partial charge in [0.05, 0.1) is 16.0 Å². The van der Waals surface area contributed by atoms with E-state index in [1.54, 1.807) is 6.07 Å². The smallest absolute Gasteiger partial charge is 0.321 e. The molecule has 1 heterocycles. The van der Waals surface area contributed by atoms with Gasteiger partial charge >= 0.3 is 12.0 Å². The van der Waals surface area contributed by atoms with Crippen LogP contribution in [0.2, 0.25) is 0 Å². The molecule has 1 saturated heterocycles. The molecular weight excluding hydrogens is 326 g/mol. The Kier molecular flexibility index (Phi) is 4.36. The number of anilines is 1. The molecule has 0 unspecified atom stereocenters. The standard InChI is InChI=1S/C17H21N3O5/c1-2-11-5-6-13(20(24)25)8-14(11)18-16(23)19-9-12-4-3-7-17(12,10-19)15(21)22/h5-6,8,12H,2-4,7,9-10H2,1H3,(H,18,23)(H,21,22)/t12-,17+/m0/s1. The number of benzene rings is 1. The summed E-state index contributed by atoms with van der Waals surface area (Å²) in [5, 5.41) is 23.3. The Balaban J connectivity index is 1.78. The minimum atomic E-state index is -0.840. The first-order valence-electron chi connectivity index (χ1n) is 8.44. The van der Waals surface area contributed by atoms with E-state index in [0.29, 0.717) is 25.1 Å². The number of carboxylic acid groups (broad SMARTS) is 1. The fraction of sp³-hybridized carbons (Fsp3) is 0.529. The molecule has 1 aromatic rings. The van der Waals surface area contributed by atoms with Crippen LogP contribution in [-0.4, -0.2) is 40.0 Å². The number of likely N-dealkylation sites (tertiary alicyclic amines) is 1. The Hall–Kier alpha value is -2.64. The molecule has 2 N–H and O–H groups in total. The lowest BCUT2D eigenvalue weighted by molar-refractivity contribution is -0.384. The van der Waals surface area contributed by atoms with E-state index in [1.807, 2.05) is 6.92 Å². The molecule has 2 aliphatic rings. The highest BCUT2D eigenvalue weighted by molar-refractivity contribution is 5.91. The van der Waals surface area contributed by atoms with Gasteiger partial charge in [0.2, 0.25) is 0 Å². The topological polar surface area (TPSA) is 113 Å². The highest BCUT2D eigenvalue weighted by Gasteiger charge is 2.55. The molecule has 1 aliphatic carbocycles. The van der Waals surface area contributed by atoms with Gasteiger partial charge in [-0.1, -0.05) is 19.4 Å². The van der Waals surface area contributed by atoms with E-state index in [-0.39, 0.29) is 18.2 Å². The molecule has 0 radical (unpaired) electrons. The number of aryl methyl sites for hydroxylation is 1. The van der Waals surface area contributed by atoms with E-state index in [0.717, 1.165) is 18.4 Å². The lowest BCUT2D eigenvalue weighted by Gasteiger charge is -2.23. The van der Waals surface area contributed by atoms with Gasteiger partial charge < -0.3 is 15.3 Å². The monoisotopic (exact) mass is 347 g/mol. The van der Waals surface area contributed by atoms with Gasteiger partial charge in [0.25, 0.3) is 5.69 Å². The highest BCUT2D eigenvalue weighted by atomic mass is 16.6. The second-order valence-corrected chi connectivity index (χ2v) is 6.81. The van der Waals surface area contributed by atoms with Crippen molar-refractivity contribution in [2.24, 2.45) is 11.3 Å². The third-order valence-electron chi connectivity index (χ3n) is 5.51. The Morgan fingerprint density at radius 2 is 2.24 bits per heavy atom. The van der Waals surface area contributed by atoms with Crippen LogP contribution in [0.25, 0.3) is 0 Å². The van der Waals surface area contributed by atoms with E-state index in [1.165, 1.54) is 17.0 Å². The number of rotatable bonds is 4. The summed E-state index contributed by atoms with van der Waals surface area (Å²) < 4.78 is 0. The maximum absolute atomic E-state index is 12.6. The SMILES string of the molecule is CCc1ccc([N+](=O)[O-])cc1NC(=O)N1C[C@@H]2CCC[C@@]2(C(=O)O)C1. The van der Waals surface area contributed by atoms with Gasteiger partial charge in [-0.2, -0.15) is 0 Å². The van der Waals surface area contributed by atoms with Gasteiger partial charge in [0.15, 0.2) is 0 Å². The van der Waals surface area contributed by atoms with E-state index in [9.17, 15) is 24.8 Å². The number of nitro benzene ring substituents is 1. The predicted molar refractivity (Wildman–Crippen MR) is 90.5 cm³/mol. The van der Waals surface area contributed by atoms with Crippen molar-refractivity contribution < 1.29 is 19.6 Å². The van der Waals surface area contributed by atoms with E-state index >= 15 is 0 Å². The molecule has 3 rings (SSSR count). The number of fused-ring (bicyclic) bond motifs is 1. The number of hydrogen-bond acceptors (Lipinski definition) is 4. The Bertz CT molecular complexity index is 735. The number of amides is 2. The van der Waals surface area contributed by atoms with Crippen molar-refractivity contribution in [3.63, 3.8) is 0 Å². The number of nitro groups is 1. The van der Waals surface area contributed by atoms with Gasteiger partial charge in [0, 0.05) is 25.2 Å². The molecule has 134 valence electrons. The van der Waals surface area contributed by atoms with Crippen molar-refractivity contribution >= 4 is 23.4 Å². The molecule has 2 atom stereocenters. The Morgan fingerprint density at radius 1 is 1.48 bits per heavy atom. The summed E-state index contributed by atoms with van der Waals surface area (Å²) >= 11 is 0. The van der Waals surface area contributed by atoms with Crippen LogP contribution in [0, 0.1) is 21.4 Å². The van der Waals surface area contributed by atoms with Crippen molar-refractivity contribution in [2.45, 2.75) is 32.6 Å². The van der Waals surface area contributed by atoms with Crippen LogP contribution in [0.15, 0.2) is 18.2 Å². The van der Waals surface area contributed by atoms with Crippen molar-refractivity contribution in [1.29, 1.82) is 0 Å². The van der Waals surface area contributed by atoms with Gasteiger partial charge in [0.1, 0.15) is 0 Å². The van der Waals surface area contributed by atoms with Crippen molar-refractivity contribution in [3.05, 3.63) is 33.9 Å². The maximum atomic E-state index is 12.6. The second-order valence-electron chi connectivity index (χ2n) is 6.81. The average molecular weight is 347 g/mol. The molecule has 0 aromatic heterocycles. The molecule has 1 aliphatic heterocycles. The number of nitrogens with one attached hydrogen (secondary N) is 1. The van der Waals surface area contributed by atoms with E-state index < -0.39 is 22.3 Å². The van der Waals surface area contributed by atoms with Gasteiger partial charge in [-0.05, 0) is 30.7 Å². The zero-order valence-electron chi connectivity index (χ0n) is 14.0. The van der Waals surface area contributed by atoms with Gasteiger partial charge in [-0.3, -0.25) is 14.9 Å². The second kappa shape index (κ2) is 6.34. The summed E-state index contributed by atoms with van der Waals surface area (Å²) in [7, 11) is 0. The number of carboxylic acids is 1. The molecule has 2 fully saturated rings. The van der Waals surface area contributed by atoms with Crippen LogP contribution in [0.1, 0.15) is 31.7 Å². The predicted octanol–water partition coefficient (Wildman–Crippen LogP) is 2.88. The zero-order chi connectivity index (χ0) is 18.2.